The zero-order valence-corrected chi connectivity index (χ0v) is 8.01. The molecule has 1 aromatic carbocycles. The van der Waals surface area contributed by atoms with Gasteiger partial charge in [0.2, 0.25) is 0 Å². The smallest absolute Gasteiger partial charge is 0.0943 e. The van der Waals surface area contributed by atoms with Crippen LogP contribution in [0.15, 0.2) is 49.1 Å². The van der Waals surface area contributed by atoms with Crippen molar-refractivity contribution >= 4 is 0 Å². The Morgan fingerprint density at radius 3 is 2.08 bits per heavy atom. The second kappa shape index (κ2) is 5.14. The lowest BCUT2D eigenvalue weighted by atomic mass is 10.2. The zero-order chi connectivity index (χ0) is 9.52. The SMILES string of the molecule is Cc1ccccc1.Cn1ccnc1. The quantitative estimate of drug-likeness (QED) is 0.599. The number of rotatable bonds is 0. The van der Waals surface area contributed by atoms with Crippen molar-refractivity contribution in [2.45, 2.75) is 6.92 Å². The molecule has 0 bridgehead atoms. The molecule has 0 saturated heterocycles. The maximum Gasteiger partial charge on any atom is 0.0943 e. The Kier molecular flexibility index (Phi) is 3.76. The number of imidazole rings is 1. The zero-order valence-electron chi connectivity index (χ0n) is 8.01. The molecule has 1 heterocycles. The Balaban J connectivity index is 0.000000132. The molecule has 0 atom stereocenters. The third kappa shape index (κ3) is 4.11. The summed E-state index contributed by atoms with van der Waals surface area (Å²) in [6.45, 7) is 2.08. The highest BCUT2D eigenvalue weighted by atomic mass is 15.0. The van der Waals surface area contributed by atoms with E-state index in [0.717, 1.165) is 0 Å². The molecule has 0 radical (unpaired) electrons. The molecule has 0 saturated carbocycles. The molecule has 13 heavy (non-hydrogen) atoms. The van der Waals surface area contributed by atoms with E-state index in [1.54, 1.807) is 12.5 Å². The van der Waals surface area contributed by atoms with Gasteiger partial charge in [-0.2, -0.15) is 0 Å². The van der Waals surface area contributed by atoms with Crippen LogP contribution in [0.3, 0.4) is 0 Å². The van der Waals surface area contributed by atoms with E-state index < -0.39 is 0 Å². The fourth-order valence-corrected chi connectivity index (χ4v) is 0.860. The van der Waals surface area contributed by atoms with Crippen LogP contribution in [0, 0.1) is 6.92 Å². The molecule has 68 valence electrons. The van der Waals surface area contributed by atoms with Crippen LogP contribution in [0.1, 0.15) is 5.56 Å². The van der Waals surface area contributed by atoms with E-state index in [0.29, 0.717) is 0 Å². The fraction of sp³-hybridized carbons (Fsp3) is 0.182. The van der Waals surface area contributed by atoms with E-state index in [9.17, 15) is 0 Å². The molecule has 2 rings (SSSR count). The lowest BCUT2D eigenvalue weighted by molar-refractivity contribution is 0.913. The van der Waals surface area contributed by atoms with Gasteiger partial charge in [-0.3, -0.25) is 0 Å². The highest BCUT2D eigenvalue weighted by Gasteiger charge is 1.72. The normalized spacial score (nSPS) is 8.77. The molecule has 1 aromatic heterocycles. The van der Waals surface area contributed by atoms with Crippen molar-refractivity contribution < 1.29 is 0 Å². The summed E-state index contributed by atoms with van der Waals surface area (Å²) in [5.74, 6) is 0. The first-order chi connectivity index (χ1) is 6.29. The van der Waals surface area contributed by atoms with Crippen LogP contribution in [0.2, 0.25) is 0 Å². The summed E-state index contributed by atoms with van der Waals surface area (Å²) in [5, 5.41) is 0. The molecule has 0 aliphatic rings. The van der Waals surface area contributed by atoms with E-state index in [-0.39, 0.29) is 0 Å². The Hall–Kier alpha value is -1.57. The molecular weight excluding hydrogens is 160 g/mol. The number of aryl methyl sites for hydroxylation is 2. The molecule has 2 aromatic rings. The number of hydrogen-bond acceptors (Lipinski definition) is 1. The van der Waals surface area contributed by atoms with E-state index in [4.69, 9.17) is 0 Å². The molecule has 0 N–H and O–H groups in total. The molecule has 0 fully saturated rings. The highest BCUT2D eigenvalue weighted by molar-refractivity contribution is 5.11. The van der Waals surface area contributed by atoms with Gasteiger partial charge in [-0.05, 0) is 6.92 Å². The third-order valence-electron chi connectivity index (χ3n) is 1.58. The van der Waals surface area contributed by atoms with Gasteiger partial charge in [0.25, 0.3) is 0 Å². The molecule has 2 heteroatoms. The minimum atomic E-state index is 1.32. The molecule has 0 aliphatic heterocycles. The van der Waals surface area contributed by atoms with E-state index in [1.165, 1.54) is 5.56 Å². The summed E-state index contributed by atoms with van der Waals surface area (Å²) in [6.07, 6.45) is 5.39. The molecule has 0 unspecified atom stereocenters. The predicted molar refractivity (Wildman–Crippen MR) is 54.4 cm³/mol. The molecule has 2 nitrogen and oxygen atoms in total. The predicted octanol–water partition coefficient (Wildman–Crippen LogP) is 2.42. The van der Waals surface area contributed by atoms with Crippen LogP contribution in [0.4, 0.5) is 0 Å². The third-order valence-corrected chi connectivity index (χ3v) is 1.58. The monoisotopic (exact) mass is 174 g/mol. The highest BCUT2D eigenvalue weighted by Crippen LogP contribution is 1.92. The molecule has 0 aliphatic carbocycles. The van der Waals surface area contributed by atoms with Crippen molar-refractivity contribution in [2.75, 3.05) is 0 Å². The van der Waals surface area contributed by atoms with Crippen molar-refractivity contribution in [2.24, 2.45) is 7.05 Å². The van der Waals surface area contributed by atoms with Gasteiger partial charge in [0, 0.05) is 19.4 Å². The Labute approximate surface area is 78.9 Å². The first-order valence-corrected chi connectivity index (χ1v) is 4.22. The Morgan fingerprint density at radius 1 is 1.15 bits per heavy atom. The molecule has 0 amide bonds. The number of benzene rings is 1. The van der Waals surface area contributed by atoms with Crippen LogP contribution in [-0.4, -0.2) is 9.55 Å². The van der Waals surface area contributed by atoms with Crippen LogP contribution >= 0.6 is 0 Å². The summed E-state index contributed by atoms with van der Waals surface area (Å²) in [4.78, 5) is 3.78. The maximum absolute atomic E-state index is 3.78. The van der Waals surface area contributed by atoms with Gasteiger partial charge in [-0.25, -0.2) is 4.98 Å². The number of hydrogen-bond donors (Lipinski definition) is 0. The van der Waals surface area contributed by atoms with Crippen LogP contribution in [0.5, 0.6) is 0 Å². The lowest BCUT2D eigenvalue weighted by Gasteiger charge is -1.82. The Morgan fingerprint density at radius 2 is 1.85 bits per heavy atom. The van der Waals surface area contributed by atoms with Gasteiger partial charge in [0.15, 0.2) is 0 Å². The van der Waals surface area contributed by atoms with Crippen LogP contribution in [-0.2, 0) is 7.05 Å². The maximum atomic E-state index is 3.78. The number of aromatic nitrogens is 2. The first-order valence-electron chi connectivity index (χ1n) is 4.22. The largest absolute Gasteiger partial charge is 0.341 e. The summed E-state index contributed by atoms with van der Waals surface area (Å²) >= 11 is 0. The average Bonchev–Trinajstić information content (AvgIpc) is 2.58. The van der Waals surface area contributed by atoms with Gasteiger partial charge in [-0.1, -0.05) is 35.9 Å². The van der Waals surface area contributed by atoms with E-state index >= 15 is 0 Å². The minimum absolute atomic E-state index is 1.32. The minimum Gasteiger partial charge on any atom is -0.341 e. The number of nitrogens with zero attached hydrogens (tertiary/aromatic N) is 2. The van der Waals surface area contributed by atoms with Crippen molar-refractivity contribution in [3.63, 3.8) is 0 Å². The van der Waals surface area contributed by atoms with Gasteiger partial charge in [-0.15, -0.1) is 0 Å². The van der Waals surface area contributed by atoms with Gasteiger partial charge >= 0.3 is 0 Å². The Bertz CT molecular complexity index is 311. The van der Waals surface area contributed by atoms with Gasteiger partial charge in [0.1, 0.15) is 0 Å². The fourth-order valence-electron chi connectivity index (χ4n) is 0.860. The molecule has 0 spiro atoms. The van der Waals surface area contributed by atoms with Crippen LogP contribution in [0.25, 0.3) is 0 Å². The van der Waals surface area contributed by atoms with E-state index in [1.807, 2.05) is 36.0 Å². The van der Waals surface area contributed by atoms with Gasteiger partial charge in [0.05, 0.1) is 6.33 Å². The van der Waals surface area contributed by atoms with Crippen LogP contribution < -0.4 is 0 Å². The summed E-state index contributed by atoms with van der Waals surface area (Å²) < 4.78 is 1.89. The van der Waals surface area contributed by atoms with E-state index in [2.05, 4.69) is 24.0 Å². The van der Waals surface area contributed by atoms with Crippen molar-refractivity contribution in [1.29, 1.82) is 0 Å². The average molecular weight is 174 g/mol. The second-order valence-electron chi connectivity index (χ2n) is 2.88. The summed E-state index contributed by atoms with van der Waals surface area (Å²) in [5.41, 5.74) is 1.32. The van der Waals surface area contributed by atoms with Crippen molar-refractivity contribution in [3.8, 4) is 0 Å². The summed E-state index contributed by atoms with van der Waals surface area (Å²) in [7, 11) is 1.94. The van der Waals surface area contributed by atoms with Crippen molar-refractivity contribution in [3.05, 3.63) is 54.6 Å². The topological polar surface area (TPSA) is 17.8 Å². The summed E-state index contributed by atoms with van der Waals surface area (Å²) in [6, 6.07) is 10.3. The molecular formula is C11H14N2. The first kappa shape index (κ1) is 9.52. The van der Waals surface area contributed by atoms with Gasteiger partial charge < -0.3 is 4.57 Å². The second-order valence-corrected chi connectivity index (χ2v) is 2.88. The van der Waals surface area contributed by atoms with Crippen molar-refractivity contribution in [1.82, 2.24) is 9.55 Å². The standard InChI is InChI=1S/C7H8.C4H6N2/c1-7-5-3-2-4-6-7;1-6-3-2-5-4-6/h2-6H,1H3;2-4H,1H3. The lowest BCUT2D eigenvalue weighted by Crippen LogP contribution is -1.76.